The molecule has 0 aliphatic heterocycles. The molecule has 0 radical (unpaired) electrons. The van der Waals surface area contributed by atoms with Crippen LogP contribution in [0.15, 0.2) is 40.9 Å². The number of rotatable bonds is 2. The summed E-state index contributed by atoms with van der Waals surface area (Å²) in [4.78, 5) is 12.2. The van der Waals surface area contributed by atoms with Gasteiger partial charge in [-0.25, -0.2) is 0 Å². The Bertz CT molecular complexity index is 643. The molecule has 0 spiro atoms. The van der Waals surface area contributed by atoms with Crippen LogP contribution in [0.2, 0.25) is 0 Å². The Kier molecular flexibility index (Phi) is 4.46. The second-order valence-electron chi connectivity index (χ2n) is 4.12. The Labute approximate surface area is 133 Å². The molecule has 98 valence electrons. The first-order valence-electron chi connectivity index (χ1n) is 5.60. The molecule has 0 bridgehead atoms. The van der Waals surface area contributed by atoms with Crippen molar-refractivity contribution in [3.8, 4) is 0 Å². The van der Waals surface area contributed by atoms with Crippen LogP contribution < -0.4 is 11.1 Å². The molecule has 0 saturated carbocycles. The Morgan fingerprint density at radius 3 is 2.74 bits per heavy atom. The molecule has 19 heavy (non-hydrogen) atoms. The summed E-state index contributed by atoms with van der Waals surface area (Å²) in [5, 5.41) is 2.83. The lowest BCUT2D eigenvalue weighted by molar-refractivity contribution is 0.102. The maximum absolute atomic E-state index is 12.2. The van der Waals surface area contributed by atoms with Gasteiger partial charge in [0.25, 0.3) is 5.91 Å². The molecule has 2 aromatic rings. The third kappa shape index (κ3) is 3.27. The quantitative estimate of drug-likeness (QED) is 0.554. The largest absolute Gasteiger partial charge is 0.397 e. The zero-order valence-corrected chi connectivity index (χ0v) is 13.9. The second-order valence-corrected chi connectivity index (χ2v) is 6.12. The number of hydrogen-bond donors (Lipinski definition) is 2. The van der Waals surface area contributed by atoms with Crippen LogP contribution in [0, 0.1) is 10.5 Å². The van der Waals surface area contributed by atoms with E-state index in [1.807, 2.05) is 25.1 Å². The highest BCUT2D eigenvalue weighted by Crippen LogP contribution is 2.24. The molecular formula is C14H12BrIN2O. The highest BCUT2D eigenvalue weighted by Gasteiger charge is 2.12. The number of benzene rings is 2. The summed E-state index contributed by atoms with van der Waals surface area (Å²) < 4.78 is 1.83. The van der Waals surface area contributed by atoms with E-state index in [0.29, 0.717) is 16.9 Å². The summed E-state index contributed by atoms with van der Waals surface area (Å²) >= 11 is 5.51. The fraction of sp³-hybridized carbons (Fsp3) is 0.0714. The number of hydrogen-bond acceptors (Lipinski definition) is 2. The standard InChI is InChI=1S/C14H12BrIN2O/c1-8-3-2-4-10(13(8)16)14(19)18-12-6-5-9(15)7-11(12)17/h2-7H,17H2,1H3,(H,18,19). The molecule has 2 rings (SSSR count). The predicted octanol–water partition coefficient (Wildman–Crippen LogP) is 4.20. The van der Waals surface area contributed by atoms with E-state index in [9.17, 15) is 4.79 Å². The summed E-state index contributed by atoms with van der Waals surface area (Å²) in [5.74, 6) is -0.151. The Balaban J connectivity index is 2.28. The summed E-state index contributed by atoms with van der Waals surface area (Å²) in [7, 11) is 0. The molecule has 0 aliphatic rings. The first kappa shape index (κ1) is 14.3. The van der Waals surface area contributed by atoms with Crippen LogP contribution in [-0.4, -0.2) is 5.91 Å². The van der Waals surface area contributed by atoms with Crippen molar-refractivity contribution in [2.24, 2.45) is 0 Å². The van der Waals surface area contributed by atoms with Crippen molar-refractivity contribution >= 4 is 55.8 Å². The van der Waals surface area contributed by atoms with Gasteiger partial charge in [-0.1, -0.05) is 28.1 Å². The van der Waals surface area contributed by atoms with Gasteiger partial charge < -0.3 is 11.1 Å². The number of nitrogens with two attached hydrogens (primary N) is 1. The normalized spacial score (nSPS) is 10.3. The van der Waals surface area contributed by atoms with E-state index in [1.165, 1.54) is 0 Å². The minimum absolute atomic E-state index is 0.151. The van der Waals surface area contributed by atoms with Gasteiger partial charge in [-0.05, 0) is 59.3 Å². The van der Waals surface area contributed by atoms with Gasteiger partial charge >= 0.3 is 0 Å². The van der Waals surface area contributed by atoms with Crippen molar-refractivity contribution in [1.82, 2.24) is 0 Å². The van der Waals surface area contributed by atoms with Gasteiger partial charge in [0.15, 0.2) is 0 Å². The summed E-state index contributed by atoms with van der Waals surface area (Å²) in [6.07, 6.45) is 0. The van der Waals surface area contributed by atoms with E-state index >= 15 is 0 Å². The number of carbonyl (C=O) groups excluding carboxylic acids is 1. The average molecular weight is 431 g/mol. The first-order valence-corrected chi connectivity index (χ1v) is 7.47. The van der Waals surface area contributed by atoms with Gasteiger partial charge in [-0.2, -0.15) is 0 Å². The molecule has 0 aromatic heterocycles. The topological polar surface area (TPSA) is 55.1 Å². The maximum Gasteiger partial charge on any atom is 0.256 e. The Hall–Kier alpha value is -1.08. The molecule has 0 aliphatic carbocycles. The van der Waals surface area contributed by atoms with Gasteiger partial charge in [-0.15, -0.1) is 0 Å². The van der Waals surface area contributed by atoms with Crippen LogP contribution in [0.5, 0.6) is 0 Å². The number of carbonyl (C=O) groups is 1. The molecular weight excluding hydrogens is 419 g/mol. The zero-order chi connectivity index (χ0) is 14.0. The van der Waals surface area contributed by atoms with E-state index in [-0.39, 0.29) is 5.91 Å². The number of aryl methyl sites for hydroxylation is 1. The molecule has 0 fully saturated rings. The fourth-order valence-electron chi connectivity index (χ4n) is 1.66. The minimum atomic E-state index is -0.151. The minimum Gasteiger partial charge on any atom is -0.397 e. The lowest BCUT2D eigenvalue weighted by Crippen LogP contribution is -2.15. The predicted molar refractivity (Wildman–Crippen MR) is 90.4 cm³/mol. The highest BCUT2D eigenvalue weighted by atomic mass is 127. The zero-order valence-electron chi connectivity index (χ0n) is 10.2. The molecule has 5 heteroatoms. The number of amides is 1. The molecule has 0 saturated heterocycles. The van der Waals surface area contributed by atoms with Crippen LogP contribution in [-0.2, 0) is 0 Å². The lowest BCUT2D eigenvalue weighted by atomic mass is 10.1. The van der Waals surface area contributed by atoms with Gasteiger partial charge in [0.05, 0.1) is 16.9 Å². The molecule has 0 heterocycles. The number of nitrogens with one attached hydrogen (secondary N) is 1. The average Bonchev–Trinajstić information content (AvgIpc) is 2.36. The monoisotopic (exact) mass is 430 g/mol. The van der Waals surface area contributed by atoms with E-state index in [4.69, 9.17) is 5.73 Å². The smallest absolute Gasteiger partial charge is 0.256 e. The van der Waals surface area contributed by atoms with Crippen molar-refractivity contribution in [1.29, 1.82) is 0 Å². The SMILES string of the molecule is Cc1cccc(C(=O)Nc2ccc(Br)cc2N)c1I. The Morgan fingerprint density at radius 2 is 2.05 bits per heavy atom. The summed E-state index contributed by atoms with van der Waals surface area (Å²) in [6, 6.07) is 11.0. The van der Waals surface area contributed by atoms with E-state index in [0.717, 1.165) is 13.6 Å². The van der Waals surface area contributed by atoms with Crippen molar-refractivity contribution in [3.05, 3.63) is 55.6 Å². The van der Waals surface area contributed by atoms with Crippen molar-refractivity contribution in [2.45, 2.75) is 6.92 Å². The molecule has 3 nitrogen and oxygen atoms in total. The number of anilines is 2. The molecule has 0 atom stereocenters. The maximum atomic E-state index is 12.2. The summed E-state index contributed by atoms with van der Waals surface area (Å²) in [6.45, 7) is 1.98. The van der Waals surface area contributed by atoms with Gasteiger partial charge in [0, 0.05) is 8.04 Å². The van der Waals surface area contributed by atoms with Gasteiger partial charge in [-0.3, -0.25) is 4.79 Å². The molecule has 3 N–H and O–H groups in total. The van der Waals surface area contributed by atoms with Crippen LogP contribution >= 0.6 is 38.5 Å². The lowest BCUT2D eigenvalue weighted by Gasteiger charge is -2.10. The first-order chi connectivity index (χ1) is 8.99. The fourth-order valence-corrected chi connectivity index (χ4v) is 2.64. The van der Waals surface area contributed by atoms with Gasteiger partial charge in [0.2, 0.25) is 0 Å². The van der Waals surface area contributed by atoms with Gasteiger partial charge in [0.1, 0.15) is 0 Å². The molecule has 1 amide bonds. The van der Waals surface area contributed by atoms with Crippen LogP contribution in [0.4, 0.5) is 11.4 Å². The summed E-state index contributed by atoms with van der Waals surface area (Å²) in [5.41, 5.74) is 8.75. The Morgan fingerprint density at radius 1 is 1.32 bits per heavy atom. The molecule has 2 aromatic carbocycles. The third-order valence-electron chi connectivity index (χ3n) is 2.70. The van der Waals surface area contributed by atoms with Crippen LogP contribution in [0.3, 0.4) is 0 Å². The van der Waals surface area contributed by atoms with Crippen molar-refractivity contribution < 1.29 is 4.79 Å². The van der Waals surface area contributed by atoms with E-state index in [2.05, 4.69) is 43.8 Å². The van der Waals surface area contributed by atoms with Crippen LogP contribution in [0.25, 0.3) is 0 Å². The number of halogens is 2. The number of nitrogen functional groups attached to an aromatic ring is 1. The van der Waals surface area contributed by atoms with Crippen molar-refractivity contribution in [2.75, 3.05) is 11.1 Å². The van der Waals surface area contributed by atoms with Crippen molar-refractivity contribution in [3.63, 3.8) is 0 Å². The highest BCUT2D eigenvalue weighted by molar-refractivity contribution is 14.1. The van der Waals surface area contributed by atoms with E-state index < -0.39 is 0 Å². The second kappa shape index (κ2) is 5.92. The molecule has 0 unspecified atom stereocenters. The van der Waals surface area contributed by atoms with E-state index in [1.54, 1.807) is 18.2 Å². The van der Waals surface area contributed by atoms with Crippen LogP contribution in [0.1, 0.15) is 15.9 Å². The third-order valence-corrected chi connectivity index (χ3v) is 4.62.